The number of pyridine rings is 1. The minimum atomic E-state index is -0.270. The number of carbonyl (C=O) groups excluding carboxylic acids is 2. The average molecular weight is 450 g/mol. The molecule has 8 nitrogen and oxygen atoms in total. The second kappa shape index (κ2) is 9.45. The molecule has 4 heterocycles. The number of aromatic nitrogens is 3. The molecule has 1 saturated carbocycles. The van der Waals surface area contributed by atoms with Crippen LogP contribution in [0.15, 0.2) is 29.2 Å². The molecule has 3 aliphatic rings. The monoisotopic (exact) mass is 449 g/mol. The number of piperidine rings is 1. The Bertz CT molecular complexity index is 1080. The van der Waals surface area contributed by atoms with Crippen molar-refractivity contribution in [3.05, 3.63) is 57.5 Å². The highest BCUT2D eigenvalue weighted by molar-refractivity contribution is 5.92. The Morgan fingerprint density at radius 1 is 1.00 bits per heavy atom. The molecular formula is C25H31N5O3. The standard InChI is InChI=1S/C25H31N5O3/c31-23-18-16-29(24(32)17-8-2-1-3-9-17)15-12-19(18)27-22(28-23)21-11-5-7-14-30(21)25(33)20-10-4-6-13-26-20/h4,6,10,13,17,21H,1-3,5,7-9,11-12,14-16H2,(H,27,28,31). The number of H-pyrrole nitrogens is 1. The van der Waals surface area contributed by atoms with Gasteiger partial charge in [0.05, 0.1) is 23.8 Å². The minimum absolute atomic E-state index is 0.0972. The molecule has 1 atom stereocenters. The van der Waals surface area contributed by atoms with Gasteiger partial charge in [0.25, 0.3) is 11.5 Å². The summed E-state index contributed by atoms with van der Waals surface area (Å²) in [4.78, 5) is 54.8. The van der Waals surface area contributed by atoms with E-state index in [1.54, 1.807) is 29.3 Å². The van der Waals surface area contributed by atoms with Crippen molar-refractivity contribution in [1.82, 2.24) is 24.8 Å². The van der Waals surface area contributed by atoms with Crippen molar-refractivity contribution >= 4 is 11.8 Å². The molecule has 0 bridgehead atoms. The Morgan fingerprint density at radius 3 is 2.61 bits per heavy atom. The summed E-state index contributed by atoms with van der Waals surface area (Å²) < 4.78 is 0. The Balaban J connectivity index is 1.37. The van der Waals surface area contributed by atoms with Crippen LogP contribution in [0.4, 0.5) is 0 Å². The van der Waals surface area contributed by atoms with E-state index < -0.39 is 0 Å². The molecular weight excluding hydrogens is 418 g/mol. The van der Waals surface area contributed by atoms with Crippen molar-refractivity contribution in [1.29, 1.82) is 0 Å². The number of aromatic amines is 1. The zero-order valence-electron chi connectivity index (χ0n) is 19.0. The molecule has 2 aromatic heterocycles. The molecule has 8 heteroatoms. The predicted molar refractivity (Wildman–Crippen MR) is 122 cm³/mol. The van der Waals surface area contributed by atoms with Gasteiger partial charge >= 0.3 is 0 Å². The van der Waals surface area contributed by atoms with E-state index in [9.17, 15) is 14.4 Å². The molecule has 33 heavy (non-hydrogen) atoms. The smallest absolute Gasteiger partial charge is 0.273 e. The van der Waals surface area contributed by atoms with Crippen molar-refractivity contribution in [2.45, 2.75) is 70.4 Å². The van der Waals surface area contributed by atoms with Gasteiger partial charge in [-0.05, 0) is 44.2 Å². The molecule has 2 aliphatic heterocycles. The summed E-state index contributed by atoms with van der Waals surface area (Å²) in [6, 6.07) is 5.04. The first-order valence-electron chi connectivity index (χ1n) is 12.2. The van der Waals surface area contributed by atoms with Gasteiger partial charge in [-0.25, -0.2) is 4.98 Å². The Kier molecular flexibility index (Phi) is 6.24. The highest BCUT2D eigenvalue weighted by atomic mass is 16.2. The summed E-state index contributed by atoms with van der Waals surface area (Å²) in [6.07, 6.45) is 10.2. The summed E-state index contributed by atoms with van der Waals surface area (Å²) in [7, 11) is 0. The van der Waals surface area contributed by atoms with E-state index in [1.807, 2.05) is 4.90 Å². The summed E-state index contributed by atoms with van der Waals surface area (Å²) in [5.41, 5.74) is 1.57. The van der Waals surface area contributed by atoms with Gasteiger partial charge in [0, 0.05) is 31.6 Å². The van der Waals surface area contributed by atoms with E-state index in [0.717, 1.165) is 50.6 Å². The summed E-state index contributed by atoms with van der Waals surface area (Å²) in [6.45, 7) is 1.54. The third-order valence-electron chi connectivity index (χ3n) is 7.32. The third-order valence-corrected chi connectivity index (χ3v) is 7.32. The Morgan fingerprint density at radius 2 is 1.82 bits per heavy atom. The lowest BCUT2D eigenvalue weighted by Gasteiger charge is -2.36. The first-order chi connectivity index (χ1) is 16.1. The number of likely N-dealkylation sites (tertiary alicyclic amines) is 1. The summed E-state index contributed by atoms with van der Waals surface area (Å²) >= 11 is 0. The second-order valence-corrected chi connectivity index (χ2v) is 9.45. The molecule has 174 valence electrons. The number of hydrogen-bond acceptors (Lipinski definition) is 5. The Hall–Kier alpha value is -3.03. The zero-order chi connectivity index (χ0) is 22.8. The maximum absolute atomic E-state index is 13.1. The van der Waals surface area contributed by atoms with Gasteiger partial charge in [0.2, 0.25) is 5.91 Å². The highest BCUT2D eigenvalue weighted by Crippen LogP contribution is 2.31. The number of fused-ring (bicyclic) bond motifs is 1. The van der Waals surface area contributed by atoms with Gasteiger partial charge in [-0.15, -0.1) is 0 Å². The fourth-order valence-corrected chi connectivity index (χ4v) is 5.49. The van der Waals surface area contributed by atoms with Crippen molar-refractivity contribution in [2.75, 3.05) is 13.1 Å². The molecule has 0 radical (unpaired) electrons. The zero-order valence-corrected chi connectivity index (χ0v) is 19.0. The van der Waals surface area contributed by atoms with Crippen LogP contribution in [0, 0.1) is 5.92 Å². The molecule has 2 amide bonds. The minimum Gasteiger partial charge on any atom is -0.337 e. The van der Waals surface area contributed by atoms with Crippen LogP contribution in [0.5, 0.6) is 0 Å². The predicted octanol–water partition coefficient (Wildman–Crippen LogP) is 3.00. The number of amides is 2. The Labute approximate surface area is 193 Å². The molecule has 0 aromatic carbocycles. The fourth-order valence-electron chi connectivity index (χ4n) is 5.49. The molecule has 1 unspecified atom stereocenters. The van der Waals surface area contributed by atoms with Crippen LogP contribution in [0.25, 0.3) is 0 Å². The lowest BCUT2D eigenvalue weighted by atomic mass is 9.88. The van der Waals surface area contributed by atoms with Gasteiger partial charge in [0.1, 0.15) is 11.5 Å². The number of carbonyl (C=O) groups is 2. The van der Waals surface area contributed by atoms with E-state index in [1.165, 1.54) is 6.42 Å². The van der Waals surface area contributed by atoms with Crippen LogP contribution in [-0.2, 0) is 17.8 Å². The fraction of sp³-hybridized carbons (Fsp3) is 0.560. The number of nitrogens with zero attached hydrogens (tertiary/aromatic N) is 4. The molecule has 1 N–H and O–H groups in total. The largest absolute Gasteiger partial charge is 0.337 e. The molecule has 1 saturated heterocycles. The quantitative estimate of drug-likeness (QED) is 0.777. The van der Waals surface area contributed by atoms with Gasteiger partial charge in [-0.1, -0.05) is 25.3 Å². The molecule has 5 rings (SSSR count). The first kappa shape index (κ1) is 21.8. The lowest BCUT2D eigenvalue weighted by molar-refractivity contribution is -0.137. The molecule has 2 aromatic rings. The lowest BCUT2D eigenvalue weighted by Crippen LogP contribution is -2.44. The van der Waals surface area contributed by atoms with E-state index in [4.69, 9.17) is 4.98 Å². The van der Waals surface area contributed by atoms with Gasteiger partial charge < -0.3 is 14.8 Å². The summed E-state index contributed by atoms with van der Waals surface area (Å²) in [5.74, 6) is 0.697. The first-order valence-corrected chi connectivity index (χ1v) is 12.2. The van der Waals surface area contributed by atoms with Crippen molar-refractivity contribution in [3.63, 3.8) is 0 Å². The third kappa shape index (κ3) is 4.43. The topological polar surface area (TPSA) is 99.3 Å². The van der Waals surface area contributed by atoms with E-state index >= 15 is 0 Å². The van der Waals surface area contributed by atoms with Crippen LogP contribution >= 0.6 is 0 Å². The molecule has 1 aliphatic carbocycles. The van der Waals surface area contributed by atoms with Gasteiger partial charge in [-0.3, -0.25) is 19.4 Å². The number of rotatable bonds is 3. The highest BCUT2D eigenvalue weighted by Gasteiger charge is 2.34. The van der Waals surface area contributed by atoms with Crippen LogP contribution < -0.4 is 5.56 Å². The van der Waals surface area contributed by atoms with Crippen molar-refractivity contribution in [3.8, 4) is 0 Å². The average Bonchev–Trinajstić information content (AvgIpc) is 2.88. The maximum Gasteiger partial charge on any atom is 0.273 e. The van der Waals surface area contributed by atoms with E-state index in [0.29, 0.717) is 43.1 Å². The van der Waals surface area contributed by atoms with Crippen molar-refractivity contribution < 1.29 is 9.59 Å². The second-order valence-electron chi connectivity index (χ2n) is 9.45. The SMILES string of the molecule is O=C(C1CCCCC1)N1CCc2nc(C3CCCCN3C(=O)c3ccccn3)[nH]c(=O)c2C1. The van der Waals surface area contributed by atoms with E-state index in [-0.39, 0.29) is 29.3 Å². The summed E-state index contributed by atoms with van der Waals surface area (Å²) in [5, 5.41) is 0. The number of nitrogens with one attached hydrogen (secondary N) is 1. The van der Waals surface area contributed by atoms with Gasteiger partial charge in [-0.2, -0.15) is 0 Å². The van der Waals surface area contributed by atoms with Crippen LogP contribution in [0.3, 0.4) is 0 Å². The molecule has 0 spiro atoms. The number of hydrogen-bond donors (Lipinski definition) is 1. The van der Waals surface area contributed by atoms with Gasteiger partial charge in [0.15, 0.2) is 0 Å². The van der Waals surface area contributed by atoms with Crippen LogP contribution in [-0.4, -0.2) is 49.7 Å². The molecule has 2 fully saturated rings. The maximum atomic E-state index is 13.1. The van der Waals surface area contributed by atoms with E-state index in [2.05, 4.69) is 9.97 Å². The van der Waals surface area contributed by atoms with Crippen molar-refractivity contribution in [2.24, 2.45) is 5.92 Å². The van der Waals surface area contributed by atoms with Crippen LogP contribution in [0.2, 0.25) is 0 Å². The normalized spacial score (nSPS) is 21.5. The van der Waals surface area contributed by atoms with Crippen LogP contribution in [0.1, 0.15) is 85.0 Å².